The lowest BCUT2D eigenvalue weighted by Crippen LogP contribution is -2.31. The third kappa shape index (κ3) is 3.72. The van der Waals surface area contributed by atoms with Crippen LogP contribution in [-0.4, -0.2) is 17.5 Å². The number of halogens is 1. The fourth-order valence-corrected chi connectivity index (χ4v) is 1.66. The van der Waals surface area contributed by atoms with Crippen molar-refractivity contribution in [2.75, 3.05) is 12.3 Å². The SMILES string of the molecule is CC(C)N(CCC#N)Cc1c(N)cccc1F. The van der Waals surface area contributed by atoms with Crippen LogP contribution >= 0.6 is 0 Å². The Labute approximate surface area is 102 Å². The molecular weight excluding hydrogens is 217 g/mol. The first-order chi connectivity index (χ1) is 8.06. The van der Waals surface area contributed by atoms with Crippen LogP contribution < -0.4 is 5.73 Å². The molecule has 0 saturated carbocycles. The van der Waals surface area contributed by atoms with Gasteiger partial charge in [0, 0.05) is 36.8 Å². The van der Waals surface area contributed by atoms with Crippen molar-refractivity contribution in [2.45, 2.75) is 32.9 Å². The largest absolute Gasteiger partial charge is 0.398 e. The van der Waals surface area contributed by atoms with Crippen molar-refractivity contribution in [2.24, 2.45) is 0 Å². The van der Waals surface area contributed by atoms with Gasteiger partial charge in [-0.05, 0) is 26.0 Å². The zero-order chi connectivity index (χ0) is 12.8. The van der Waals surface area contributed by atoms with E-state index in [1.165, 1.54) is 6.07 Å². The number of nitrogen functional groups attached to an aromatic ring is 1. The lowest BCUT2D eigenvalue weighted by atomic mass is 10.1. The Balaban J connectivity index is 2.83. The van der Waals surface area contributed by atoms with E-state index in [2.05, 4.69) is 6.07 Å². The van der Waals surface area contributed by atoms with Crippen LogP contribution in [0.25, 0.3) is 0 Å². The molecule has 0 aliphatic heterocycles. The van der Waals surface area contributed by atoms with E-state index in [4.69, 9.17) is 11.0 Å². The van der Waals surface area contributed by atoms with E-state index in [1.807, 2.05) is 18.7 Å². The van der Waals surface area contributed by atoms with Crippen LogP contribution in [0, 0.1) is 17.1 Å². The summed E-state index contributed by atoms with van der Waals surface area (Å²) in [6.45, 7) is 5.11. The summed E-state index contributed by atoms with van der Waals surface area (Å²) in [5, 5.41) is 8.60. The number of nitrogens with zero attached hydrogens (tertiary/aromatic N) is 2. The summed E-state index contributed by atoms with van der Waals surface area (Å²) in [6.07, 6.45) is 0.437. The summed E-state index contributed by atoms with van der Waals surface area (Å²) in [7, 11) is 0. The van der Waals surface area contributed by atoms with Gasteiger partial charge < -0.3 is 5.73 Å². The topological polar surface area (TPSA) is 53.0 Å². The van der Waals surface area contributed by atoms with Crippen LogP contribution in [0.1, 0.15) is 25.8 Å². The molecule has 1 rings (SSSR count). The molecule has 0 spiro atoms. The van der Waals surface area contributed by atoms with Gasteiger partial charge in [0.15, 0.2) is 0 Å². The zero-order valence-corrected chi connectivity index (χ0v) is 10.3. The number of benzene rings is 1. The van der Waals surface area contributed by atoms with E-state index in [9.17, 15) is 4.39 Å². The minimum atomic E-state index is -0.285. The van der Waals surface area contributed by atoms with Gasteiger partial charge in [-0.3, -0.25) is 4.90 Å². The number of anilines is 1. The van der Waals surface area contributed by atoms with Gasteiger partial charge in [-0.2, -0.15) is 5.26 Å². The molecule has 0 aromatic heterocycles. The van der Waals surface area contributed by atoms with E-state index in [0.717, 1.165) is 0 Å². The van der Waals surface area contributed by atoms with Crippen molar-refractivity contribution in [1.29, 1.82) is 5.26 Å². The molecule has 0 atom stereocenters. The van der Waals surface area contributed by atoms with Gasteiger partial charge in [0.2, 0.25) is 0 Å². The molecule has 3 nitrogen and oxygen atoms in total. The standard InChI is InChI=1S/C13H18FN3/c1-10(2)17(8-4-7-15)9-11-12(14)5-3-6-13(11)16/h3,5-6,10H,4,8-9,16H2,1-2H3. The maximum Gasteiger partial charge on any atom is 0.129 e. The molecule has 0 fully saturated rings. The molecule has 0 aliphatic carbocycles. The molecule has 0 aliphatic rings. The summed E-state index contributed by atoms with van der Waals surface area (Å²) >= 11 is 0. The van der Waals surface area contributed by atoms with Gasteiger partial charge in [-0.1, -0.05) is 6.07 Å². The highest BCUT2D eigenvalue weighted by Gasteiger charge is 2.14. The lowest BCUT2D eigenvalue weighted by Gasteiger charge is -2.26. The smallest absolute Gasteiger partial charge is 0.129 e. The second kappa shape index (κ2) is 6.21. The highest BCUT2D eigenvalue weighted by molar-refractivity contribution is 5.47. The average molecular weight is 235 g/mol. The molecule has 92 valence electrons. The van der Waals surface area contributed by atoms with Gasteiger partial charge in [-0.15, -0.1) is 0 Å². The molecule has 0 bridgehead atoms. The molecule has 0 amide bonds. The Morgan fingerprint density at radius 2 is 2.18 bits per heavy atom. The van der Waals surface area contributed by atoms with Crippen molar-refractivity contribution in [1.82, 2.24) is 4.90 Å². The fourth-order valence-electron chi connectivity index (χ4n) is 1.66. The van der Waals surface area contributed by atoms with E-state index in [-0.39, 0.29) is 11.9 Å². The van der Waals surface area contributed by atoms with Crippen molar-refractivity contribution in [3.05, 3.63) is 29.6 Å². The van der Waals surface area contributed by atoms with Gasteiger partial charge in [0.25, 0.3) is 0 Å². The van der Waals surface area contributed by atoms with Gasteiger partial charge in [0.1, 0.15) is 5.82 Å². The van der Waals surface area contributed by atoms with Crippen LogP contribution in [0.5, 0.6) is 0 Å². The number of hydrogen-bond donors (Lipinski definition) is 1. The summed E-state index contributed by atoms with van der Waals surface area (Å²) in [5.74, 6) is -0.285. The average Bonchev–Trinajstić information content (AvgIpc) is 2.27. The first-order valence-electron chi connectivity index (χ1n) is 5.70. The molecular formula is C13H18FN3. The second-order valence-corrected chi connectivity index (χ2v) is 4.28. The molecule has 1 aromatic rings. The molecule has 2 N–H and O–H groups in total. The molecule has 0 unspecified atom stereocenters. The zero-order valence-electron chi connectivity index (χ0n) is 10.3. The molecule has 0 radical (unpaired) electrons. The molecule has 17 heavy (non-hydrogen) atoms. The van der Waals surface area contributed by atoms with Gasteiger partial charge >= 0.3 is 0 Å². The van der Waals surface area contributed by atoms with Crippen molar-refractivity contribution in [3.8, 4) is 6.07 Å². The normalized spacial score (nSPS) is 10.8. The van der Waals surface area contributed by atoms with E-state index in [1.54, 1.807) is 12.1 Å². The van der Waals surface area contributed by atoms with Crippen molar-refractivity contribution in [3.63, 3.8) is 0 Å². The predicted octanol–water partition coefficient (Wildman–Crippen LogP) is 2.53. The van der Waals surface area contributed by atoms with Crippen LogP contribution in [-0.2, 0) is 6.54 Å². The predicted molar refractivity (Wildman–Crippen MR) is 66.6 cm³/mol. The minimum Gasteiger partial charge on any atom is -0.398 e. The molecule has 4 heteroatoms. The second-order valence-electron chi connectivity index (χ2n) is 4.28. The van der Waals surface area contributed by atoms with Gasteiger partial charge in [0.05, 0.1) is 6.07 Å². The highest BCUT2D eigenvalue weighted by Crippen LogP contribution is 2.19. The summed E-state index contributed by atoms with van der Waals surface area (Å²) in [5.41, 5.74) is 6.75. The molecule has 0 heterocycles. The monoisotopic (exact) mass is 235 g/mol. The van der Waals surface area contributed by atoms with E-state index in [0.29, 0.717) is 30.8 Å². The Morgan fingerprint density at radius 1 is 1.47 bits per heavy atom. The van der Waals surface area contributed by atoms with Crippen molar-refractivity contribution >= 4 is 5.69 Å². The van der Waals surface area contributed by atoms with E-state index >= 15 is 0 Å². The highest BCUT2D eigenvalue weighted by atomic mass is 19.1. The lowest BCUT2D eigenvalue weighted by molar-refractivity contribution is 0.215. The van der Waals surface area contributed by atoms with Crippen LogP contribution in [0.3, 0.4) is 0 Å². The third-order valence-corrected chi connectivity index (χ3v) is 2.76. The Bertz CT molecular complexity index is 389. The van der Waals surface area contributed by atoms with Crippen LogP contribution in [0.4, 0.5) is 10.1 Å². The minimum absolute atomic E-state index is 0.252. The summed E-state index contributed by atoms with van der Waals surface area (Å²) in [4.78, 5) is 2.04. The molecule has 0 saturated heterocycles. The first kappa shape index (κ1) is 13.5. The number of rotatable bonds is 5. The van der Waals surface area contributed by atoms with Crippen molar-refractivity contribution < 1.29 is 4.39 Å². The maximum absolute atomic E-state index is 13.6. The summed E-state index contributed by atoms with van der Waals surface area (Å²) in [6, 6.07) is 7.06. The quantitative estimate of drug-likeness (QED) is 0.798. The Hall–Kier alpha value is -1.60. The molecule has 1 aromatic carbocycles. The van der Waals surface area contributed by atoms with E-state index < -0.39 is 0 Å². The number of nitrogens with two attached hydrogens (primary N) is 1. The third-order valence-electron chi connectivity index (χ3n) is 2.76. The Morgan fingerprint density at radius 3 is 2.71 bits per heavy atom. The van der Waals surface area contributed by atoms with Gasteiger partial charge in [-0.25, -0.2) is 4.39 Å². The Kier molecular flexibility index (Phi) is 4.92. The first-order valence-corrected chi connectivity index (χ1v) is 5.70. The maximum atomic E-state index is 13.6. The van der Waals surface area contributed by atoms with Crippen LogP contribution in [0.2, 0.25) is 0 Å². The number of hydrogen-bond acceptors (Lipinski definition) is 3. The number of nitriles is 1. The summed E-state index contributed by atoms with van der Waals surface area (Å²) < 4.78 is 13.6. The fraction of sp³-hybridized carbons (Fsp3) is 0.462. The van der Waals surface area contributed by atoms with Crippen LogP contribution in [0.15, 0.2) is 18.2 Å².